The second-order valence-electron chi connectivity index (χ2n) is 4.39. The van der Waals surface area contributed by atoms with Crippen LogP contribution in [0, 0.1) is 0 Å². The van der Waals surface area contributed by atoms with Crippen LogP contribution in [0.4, 0.5) is 13.2 Å². The molecule has 0 aliphatic rings. The standard InChI is InChI=1S/C14H10F3NO3/c15-14(16,17)11-3-1-2-9(6-11)7-18-8-10(13(20)21)4-5-12(18)19/h1-6,8H,7H2,(H,20,21). The Labute approximate surface area is 117 Å². The average Bonchev–Trinajstić information content (AvgIpc) is 2.40. The molecule has 0 aliphatic carbocycles. The van der Waals surface area contributed by atoms with Crippen molar-refractivity contribution in [2.24, 2.45) is 0 Å². The van der Waals surface area contributed by atoms with Crippen LogP contribution in [-0.2, 0) is 12.7 Å². The van der Waals surface area contributed by atoms with Crippen molar-refractivity contribution in [2.45, 2.75) is 12.7 Å². The number of hydrogen-bond acceptors (Lipinski definition) is 2. The van der Waals surface area contributed by atoms with E-state index in [1.165, 1.54) is 12.1 Å². The molecule has 0 saturated carbocycles. The molecule has 110 valence electrons. The predicted octanol–water partition coefficient (Wildman–Crippen LogP) is 2.61. The highest BCUT2D eigenvalue weighted by atomic mass is 19.4. The van der Waals surface area contributed by atoms with Gasteiger partial charge >= 0.3 is 12.1 Å². The number of carboxylic acids is 1. The van der Waals surface area contributed by atoms with Crippen molar-refractivity contribution in [3.63, 3.8) is 0 Å². The van der Waals surface area contributed by atoms with Gasteiger partial charge in [-0.05, 0) is 23.8 Å². The van der Waals surface area contributed by atoms with E-state index in [9.17, 15) is 22.8 Å². The quantitative estimate of drug-likeness (QED) is 0.947. The van der Waals surface area contributed by atoms with Gasteiger partial charge in [0.1, 0.15) is 0 Å². The first-order valence-electron chi connectivity index (χ1n) is 5.87. The van der Waals surface area contributed by atoms with Crippen LogP contribution in [-0.4, -0.2) is 15.6 Å². The number of benzene rings is 1. The van der Waals surface area contributed by atoms with Gasteiger partial charge in [0.05, 0.1) is 17.7 Å². The van der Waals surface area contributed by atoms with Crippen LogP contribution >= 0.6 is 0 Å². The van der Waals surface area contributed by atoms with E-state index < -0.39 is 23.3 Å². The number of nitrogens with zero attached hydrogens (tertiary/aromatic N) is 1. The Morgan fingerprint density at radius 3 is 2.52 bits per heavy atom. The molecule has 1 heterocycles. The summed E-state index contributed by atoms with van der Waals surface area (Å²) < 4.78 is 38.9. The van der Waals surface area contributed by atoms with Crippen molar-refractivity contribution in [1.82, 2.24) is 4.57 Å². The molecule has 1 aromatic heterocycles. The Balaban J connectivity index is 2.36. The summed E-state index contributed by atoms with van der Waals surface area (Å²) in [5, 5.41) is 8.85. The van der Waals surface area contributed by atoms with Crippen molar-refractivity contribution < 1.29 is 23.1 Å². The number of halogens is 3. The van der Waals surface area contributed by atoms with Gasteiger partial charge in [-0.25, -0.2) is 4.79 Å². The van der Waals surface area contributed by atoms with Gasteiger partial charge in [-0.2, -0.15) is 13.2 Å². The van der Waals surface area contributed by atoms with Gasteiger partial charge in [-0.1, -0.05) is 12.1 Å². The van der Waals surface area contributed by atoms with Crippen molar-refractivity contribution >= 4 is 5.97 Å². The van der Waals surface area contributed by atoms with Crippen LogP contribution in [0.3, 0.4) is 0 Å². The molecule has 0 saturated heterocycles. The maximum atomic E-state index is 12.6. The summed E-state index contributed by atoms with van der Waals surface area (Å²) in [4.78, 5) is 22.5. The van der Waals surface area contributed by atoms with E-state index in [1.807, 2.05) is 0 Å². The first kappa shape index (κ1) is 14.8. The van der Waals surface area contributed by atoms with Crippen molar-refractivity contribution in [1.29, 1.82) is 0 Å². The van der Waals surface area contributed by atoms with Crippen molar-refractivity contribution in [3.8, 4) is 0 Å². The third kappa shape index (κ3) is 3.50. The fourth-order valence-electron chi connectivity index (χ4n) is 1.82. The summed E-state index contributed by atoms with van der Waals surface area (Å²) >= 11 is 0. The molecule has 1 aromatic carbocycles. The monoisotopic (exact) mass is 297 g/mol. The van der Waals surface area contributed by atoms with Gasteiger partial charge in [0.2, 0.25) is 0 Å². The normalized spacial score (nSPS) is 11.4. The second kappa shape index (κ2) is 5.43. The van der Waals surface area contributed by atoms with Crippen LogP contribution in [0.5, 0.6) is 0 Å². The minimum absolute atomic E-state index is 0.110. The van der Waals surface area contributed by atoms with Gasteiger partial charge in [0.15, 0.2) is 0 Å². The number of carboxylic acid groups (broad SMARTS) is 1. The summed E-state index contributed by atoms with van der Waals surface area (Å²) in [6.07, 6.45) is -3.37. The largest absolute Gasteiger partial charge is 0.478 e. The predicted molar refractivity (Wildman–Crippen MR) is 68.2 cm³/mol. The smallest absolute Gasteiger partial charge is 0.416 e. The Bertz CT molecular complexity index is 735. The maximum Gasteiger partial charge on any atom is 0.416 e. The fraction of sp³-hybridized carbons (Fsp3) is 0.143. The van der Waals surface area contributed by atoms with E-state index in [2.05, 4.69) is 0 Å². The summed E-state index contributed by atoms with van der Waals surface area (Å²) in [5.41, 5.74) is -1.16. The molecule has 21 heavy (non-hydrogen) atoms. The molecule has 0 fully saturated rings. The lowest BCUT2D eigenvalue weighted by molar-refractivity contribution is -0.137. The van der Waals surface area contributed by atoms with E-state index in [0.29, 0.717) is 0 Å². The number of carbonyl (C=O) groups is 1. The number of aromatic nitrogens is 1. The number of alkyl halides is 3. The summed E-state index contributed by atoms with van der Waals surface area (Å²) in [5.74, 6) is -1.22. The molecule has 7 heteroatoms. The van der Waals surface area contributed by atoms with E-state index >= 15 is 0 Å². The molecular weight excluding hydrogens is 287 g/mol. The molecule has 0 unspecified atom stereocenters. The zero-order chi connectivity index (χ0) is 15.6. The highest BCUT2D eigenvalue weighted by Crippen LogP contribution is 2.29. The number of rotatable bonds is 3. The Kier molecular flexibility index (Phi) is 3.84. The highest BCUT2D eigenvalue weighted by Gasteiger charge is 2.30. The lowest BCUT2D eigenvalue weighted by Gasteiger charge is -2.10. The third-order valence-electron chi connectivity index (χ3n) is 2.84. The summed E-state index contributed by atoms with van der Waals surface area (Å²) in [7, 11) is 0. The molecular formula is C14H10F3NO3. The van der Waals surface area contributed by atoms with Crippen LogP contribution in [0.25, 0.3) is 0 Å². The molecule has 0 radical (unpaired) electrons. The van der Waals surface area contributed by atoms with E-state index in [4.69, 9.17) is 5.11 Å². The van der Waals surface area contributed by atoms with Crippen LogP contribution < -0.4 is 5.56 Å². The molecule has 2 rings (SSSR count). The Morgan fingerprint density at radius 1 is 1.19 bits per heavy atom. The topological polar surface area (TPSA) is 59.3 Å². The first-order chi connectivity index (χ1) is 9.77. The molecule has 0 spiro atoms. The molecule has 0 atom stereocenters. The number of aromatic carboxylic acids is 1. The molecule has 1 N–H and O–H groups in total. The molecule has 2 aromatic rings. The Morgan fingerprint density at radius 2 is 1.90 bits per heavy atom. The average molecular weight is 297 g/mol. The summed E-state index contributed by atoms with van der Waals surface area (Å²) in [6.45, 7) is -0.135. The molecule has 0 bridgehead atoms. The SMILES string of the molecule is O=C(O)c1ccc(=O)n(Cc2cccc(C(F)(F)F)c2)c1. The van der Waals surface area contributed by atoms with Crippen molar-refractivity contribution in [3.05, 3.63) is 69.6 Å². The zero-order valence-electron chi connectivity index (χ0n) is 10.6. The van der Waals surface area contributed by atoms with Gasteiger partial charge < -0.3 is 9.67 Å². The zero-order valence-corrected chi connectivity index (χ0v) is 10.6. The second-order valence-corrected chi connectivity index (χ2v) is 4.39. The van der Waals surface area contributed by atoms with Gasteiger partial charge in [0.25, 0.3) is 5.56 Å². The lowest BCUT2D eigenvalue weighted by Crippen LogP contribution is -2.21. The first-order valence-corrected chi connectivity index (χ1v) is 5.87. The Hall–Kier alpha value is -2.57. The minimum Gasteiger partial charge on any atom is -0.478 e. The fourth-order valence-corrected chi connectivity index (χ4v) is 1.82. The maximum absolute atomic E-state index is 12.6. The van der Waals surface area contributed by atoms with E-state index in [1.54, 1.807) is 0 Å². The van der Waals surface area contributed by atoms with Crippen LogP contribution in [0.2, 0.25) is 0 Å². The van der Waals surface area contributed by atoms with Gasteiger partial charge in [-0.15, -0.1) is 0 Å². The molecule has 0 aliphatic heterocycles. The van der Waals surface area contributed by atoms with E-state index in [0.717, 1.165) is 35.0 Å². The van der Waals surface area contributed by atoms with Crippen LogP contribution in [0.15, 0.2) is 47.4 Å². The van der Waals surface area contributed by atoms with E-state index in [-0.39, 0.29) is 17.7 Å². The number of pyridine rings is 1. The van der Waals surface area contributed by atoms with Gasteiger partial charge in [-0.3, -0.25) is 4.79 Å². The molecule has 0 amide bonds. The van der Waals surface area contributed by atoms with Crippen LogP contribution in [0.1, 0.15) is 21.5 Å². The molecule has 4 nitrogen and oxygen atoms in total. The lowest BCUT2D eigenvalue weighted by atomic mass is 10.1. The highest BCUT2D eigenvalue weighted by molar-refractivity contribution is 5.87. The van der Waals surface area contributed by atoms with Crippen molar-refractivity contribution in [2.75, 3.05) is 0 Å². The third-order valence-corrected chi connectivity index (χ3v) is 2.84. The minimum atomic E-state index is -4.47. The summed E-state index contributed by atoms with van der Waals surface area (Å²) in [6, 6.07) is 6.75. The van der Waals surface area contributed by atoms with Gasteiger partial charge in [0, 0.05) is 12.3 Å². The number of hydrogen-bond donors (Lipinski definition) is 1.